The summed E-state index contributed by atoms with van der Waals surface area (Å²) in [6.07, 6.45) is 3.05. The normalized spacial score (nSPS) is 10.1. The minimum Gasteiger partial charge on any atom is -0.493 e. The molecule has 3 nitrogen and oxygen atoms in total. The molecule has 0 N–H and O–H groups in total. The summed E-state index contributed by atoms with van der Waals surface area (Å²) < 4.78 is 5.53. The molecule has 82 valence electrons. The van der Waals surface area contributed by atoms with Crippen molar-refractivity contribution in [3.05, 3.63) is 41.8 Å². The lowest BCUT2D eigenvalue weighted by molar-refractivity contribution is 0.341. The van der Waals surface area contributed by atoms with Gasteiger partial charge in [0.1, 0.15) is 12.1 Å². The number of nitrogens with zero attached hydrogens (tertiary/aromatic N) is 2. The van der Waals surface area contributed by atoms with E-state index in [1.807, 2.05) is 31.2 Å². The largest absolute Gasteiger partial charge is 0.493 e. The lowest BCUT2D eigenvalue weighted by atomic mass is 10.1. The number of halogens is 1. The van der Waals surface area contributed by atoms with E-state index in [4.69, 9.17) is 16.3 Å². The average Bonchev–Trinajstić information content (AvgIpc) is 2.31. The third kappa shape index (κ3) is 2.14. The molecule has 0 amide bonds. The molecule has 0 radical (unpaired) electrons. The Morgan fingerprint density at radius 1 is 1.31 bits per heavy atom. The smallest absolute Gasteiger partial charge is 0.128 e. The van der Waals surface area contributed by atoms with Crippen molar-refractivity contribution >= 4 is 11.6 Å². The van der Waals surface area contributed by atoms with Gasteiger partial charge in [0.25, 0.3) is 0 Å². The van der Waals surface area contributed by atoms with Crippen molar-refractivity contribution in [1.82, 2.24) is 9.97 Å². The van der Waals surface area contributed by atoms with Crippen molar-refractivity contribution in [1.29, 1.82) is 0 Å². The van der Waals surface area contributed by atoms with Gasteiger partial charge >= 0.3 is 0 Å². The van der Waals surface area contributed by atoms with Crippen LogP contribution in [0.2, 0.25) is 5.02 Å². The van der Waals surface area contributed by atoms with E-state index in [1.165, 1.54) is 6.33 Å². The van der Waals surface area contributed by atoms with Crippen molar-refractivity contribution in [2.45, 2.75) is 6.92 Å². The molecule has 1 heterocycles. The molecule has 0 atom stereocenters. The Hall–Kier alpha value is -1.61. The van der Waals surface area contributed by atoms with Gasteiger partial charge in [-0.25, -0.2) is 9.97 Å². The lowest BCUT2D eigenvalue weighted by Crippen LogP contribution is -1.95. The fraction of sp³-hybridized carbons (Fsp3) is 0.167. The van der Waals surface area contributed by atoms with E-state index in [1.54, 1.807) is 6.20 Å². The number of ether oxygens (including phenoxy) is 1. The Labute approximate surface area is 99.1 Å². The molecule has 4 heteroatoms. The van der Waals surface area contributed by atoms with Gasteiger partial charge in [-0.3, -0.25) is 0 Å². The maximum absolute atomic E-state index is 6.05. The summed E-state index contributed by atoms with van der Waals surface area (Å²) in [7, 11) is 0. The average molecular weight is 235 g/mol. The Morgan fingerprint density at radius 3 is 2.88 bits per heavy atom. The molecular weight excluding hydrogens is 224 g/mol. The minimum absolute atomic E-state index is 0.523. The Kier molecular flexibility index (Phi) is 3.37. The standard InChI is InChI=1S/C12H11ClN2O/c1-2-16-11-6-4-3-5-9(11)12-10(13)7-14-8-15-12/h3-8H,2H2,1H3. The van der Waals surface area contributed by atoms with Crippen molar-refractivity contribution < 1.29 is 4.74 Å². The van der Waals surface area contributed by atoms with Gasteiger partial charge in [-0.1, -0.05) is 23.7 Å². The Morgan fingerprint density at radius 2 is 2.12 bits per heavy atom. The van der Waals surface area contributed by atoms with Crippen LogP contribution in [0.3, 0.4) is 0 Å². The highest BCUT2D eigenvalue weighted by Gasteiger charge is 2.09. The van der Waals surface area contributed by atoms with E-state index in [0.717, 1.165) is 11.3 Å². The highest BCUT2D eigenvalue weighted by molar-refractivity contribution is 6.32. The summed E-state index contributed by atoms with van der Waals surface area (Å²) in [5.41, 5.74) is 1.58. The SMILES string of the molecule is CCOc1ccccc1-c1ncncc1Cl. The second-order valence-electron chi connectivity index (χ2n) is 3.15. The third-order valence-corrected chi connectivity index (χ3v) is 2.39. The monoisotopic (exact) mass is 234 g/mol. The Bertz CT molecular complexity index is 488. The van der Waals surface area contributed by atoms with Gasteiger partial charge < -0.3 is 4.74 Å². The van der Waals surface area contributed by atoms with Crippen LogP contribution in [0.1, 0.15) is 6.92 Å². The predicted octanol–water partition coefficient (Wildman–Crippen LogP) is 3.20. The molecule has 2 rings (SSSR count). The summed E-state index contributed by atoms with van der Waals surface area (Å²) in [6.45, 7) is 2.55. The molecule has 0 aliphatic heterocycles. The number of para-hydroxylation sites is 1. The quantitative estimate of drug-likeness (QED) is 0.818. The highest BCUT2D eigenvalue weighted by Crippen LogP contribution is 2.32. The second kappa shape index (κ2) is 4.94. The molecule has 0 fully saturated rings. The van der Waals surface area contributed by atoms with Gasteiger partial charge in [0.05, 0.1) is 17.3 Å². The maximum atomic E-state index is 6.05. The molecule has 0 saturated carbocycles. The summed E-state index contributed by atoms with van der Waals surface area (Å²) in [5.74, 6) is 0.783. The van der Waals surface area contributed by atoms with E-state index in [2.05, 4.69) is 9.97 Å². The first kappa shape index (κ1) is 10.9. The molecule has 16 heavy (non-hydrogen) atoms. The minimum atomic E-state index is 0.523. The maximum Gasteiger partial charge on any atom is 0.128 e. The summed E-state index contributed by atoms with van der Waals surface area (Å²) in [4.78, 5) is 8.03. The molecular formula is C12H11ClN2O. The van der Waals surface area contributed by atoms with Crippen LogP contribution >= 0.6 is 11.6 Å². The highest BCUT2D eigenvalue weighted by atomic mass is 35.5. The number of hydrogen-bond acceptors (Lipinski definition) is 3. The molecule has 1 aromatic carbocycles. The number of benzene rings is 1. The first-order valence-corrected chi connectivity index (χ1v) is 5.38. The Balaban J connectivity index is 2.51. The summed E-state index contributed by atoms with van der Waals surface area (Å²) in [5, 5.41) is 0.523. The van der Waals surface area contributed by atoms with Crippen LogP contribution in [-0.4, -0.2) is 16.6 Å². The van der Waals surface area contributed by atoms with Gasteiger partial charge in [0, 0.05) is 11.8 Å². The van der Waals surface area contributed by atoms with Crippen LogP contribution in [0.25, 0.3) is 11.3 Å². The first-order valence-electron chi connectivity index (χ1n) is 5.00. The van der Waals surface area contributed by atoms with E-state index >= 15 is 0 Å². The molecule has 0 saturated heterocycles. The second-order valence-corrected chi connectivity index (χ2v) is 3.56. The molecule has 0 aliphatic rings. The zero-order chi connectivity index (χ0) is 11.4. The molecule has 1 aromatic heterocycles. The molecule has 0 aliphatic carbocycles. The predicted molar refractivity (Wildman–Crippen MR) is 63.6 cm³/mol. The van der Waals surface area contributed by atoms with Crippen LogP contribution in [0, 0.1) is 0 Å². The van der Waals surface area contributed by atoms with Gasteiger partial charge in [0.15, 0.2) is 0 Å². The van der Waals surface area contributed by atoms with E-state index < -0.39 is 0 Å². The summed E-state index contributed by atoms with van der Waals surface area (Å²) in [6, 6.07) is 7.68. The molecule has 0 bridgehead atoms. The van der Waals surface area contributed by atoms with E-state index in [0.29, 0.717) is 17.3 Å². The van der Waals surface area contributed by atoms with Crippen LogP contribution in [0.4, 0.5) is 0 Å². The molecule has 2 aromatic rings. The lowest BCUT2D eigenvalue weighted by Gasteiger charge is -2.09. The van der Waals surface area contributed by atoms with Crippen LogP contribution in [0.15, 0.2) is 36.8 Å². The fourth-order valence-corrected chi connectivity index (χ4v) is 1.66. The summed E-state index contributed by atoms with van der Waals surface area (Å²) >= 11 is 6.05. The fourth-order valence-electron chi connectivity index (χ4n) is 1.45. The zero-order valence-corrected chi connectivity index (χ0v) is 9.61. The van der Waals surface area contributed by atoms with Crippen LogP contribution in [-0.2, 0) is 0 Å². The topological polar surface area (TPSA) is 35.0 Å². The van der Waals surface area contributed by atoms with Gasteiger partial charge in [-0.2, -0.15) is 0 Å². The van der Waals surface area contributed by atoms with Crippen molar-refractivity contribution in [2.75, 3.05) is 6.61 Å². The van der Waals surface area contributed by atoms with Crippen LogP contribution < -0.4 is 4.74 Å². The van der Waals surface area contributed by atoms with E-state index in [-0.39, 0.29) is 0 Å². The third-order valence-electron chi connectivity index (χ3n) is 2.11. The number of hydrogen-bond donors (Lipinski definition) is 0. The van der Waals surface area contributed by atoms with Gasteiger partial charge in [0.2, 0.25) is 0 Å². The van der Waals surface area contributed by atoms with Crippen molar-refractivity contribution in [3.8, 4) is 17.0 Å². The molecule has 0 spiro atoms. The van der Waals surface area contributed by atoms with Crippen LogP contribution in [0.5, 0.6) is 5.75 Å². The van der Waals surface area contributed by atoms with Gasteiger partial charge in [-0.15, -0.1) is 0 Å². The first-order chi connectivity index (χ1) is 7.83. The zero-order valence-electron chi connectivity index (χ0n) is 8.85. The van der Waals surface area contributed by atoms with Crippen molar-refractivity contribution in [2.24, 2.45) is 0 Å². The number of aromatic nitrogens is 2. The molecule has 0 unspecified atom stereocenters. The van der Waals surface area contributed by atoms with Crippen molar-refractivity contribution in [3.63, 3.8) is 0 Å². The van der Waals surface area contributed by atoms with E-state index in [9.17, 15) is 0 Å². The number of rotatable bonds is 3. The van der Waals surface area contributed by atoms with Gasteiger partial charge in [-0.05, 0) is 19.1 Å².